The predicted molar refractivity (Wildman–Crippen MR) is 87.2 cm³/mol. The molecule has 0 unspecified atom stereocenters. The molecule has 0 bridgehead atoms. The van der Waals surface area contributed by atoms with E-state index in [2.05, 4.69) is 10.6 Å². The summed E-state index contributed by atoms with van der Waals surface area (Å²) in [6.45, 7) is 1.30. The van der Waals surface area contributed by atoms with Crippen LogP contribution in [0.5, 0.6) is 11.5 Å². The van der Waals surface area contributed by atoms with Gasteiger partial charge >= 0.3 is 0 Å². The Morgan fingerprint density at radius 1 is 1.00 bits per heavy atom. The van der Waals surface area contributed by atoms with Crippen LogP contribution >= 0.6 is 0 Å². The Morgan fingerprint density at radius 3 is 2.36 bits per heavy atom. The molecule has 0 saturated heterocycles. The van der Waals surface area contributed by atoms with Crippen molar-refractivity contribution in [3.8, 4) is 11.5 Å². The van der Waals surface area contributed by atoms with Crippen LogP contribution in [0.25, 0.3) is 0 Å². The van der Waals surface area contributed by atoms with Crippen molar-refractivity contribution in [1.82, 2.24) is 5.32 Å². The van der Waals surface area contributed by atoms with Crippen molar-refractivity contribution in [2.24, 2.45) is 5.92 Å². The summed E-state index contributed by atoms with van der Waals surface area (Å²) in [6.07, 6.45) is 2.58. The molecule has 1 aliphatic rings. The highest BCUT2D eigenvalue weighted by molar-refractivity contribution is 5.92. The van der Waals surface area contributed by atoms with Crippen LogP contribution in [0.1, 0.15) is 12.8 Å². The van der Waals surface area contributed by atoms with E-state index >= 15 is 0 Å². The van der Waals surface area contributed by atoms with Gasteiger partial charge in [0.05, 0.1) is 6.54 Å². The fourth-order valence-electron chi connectivity index (χ4n) is 2.15. The summed E-state index contributed by atoms with van der Waals surface area (Å²) in [5.74, 6) is 2.30. The summed E-state index contributed by atoms with van der Waals surface area (Å²) < 4.78 is 5.71. The molecule has 1 aliphatic carbocycles. The molecule has 2 aromatic rings. The van der Waals surface area contributed by atoms with E-state index in [0.29, 0.717) is 6.54 Å². The van der Waals surface area contributed by atoms with Gasteiger partial charge in [0, 0.05) is 5.69 Å². The number of para-hydroxylation sites is 1. The molecule has 22 heavy (non-hydrogen) atoms. The van der Waals surface area contributed by atoms with E-state index in [1.807, 2.05) is 54.6 Å². The monoisotopic (exact) mass is 296 g/mol. The topological polar surface area (TPSA) is 50.4 Å². The first-order valence-corrected chi connectivity index (χ1v) is 7.63. The van der Waals surface area contributed by atoms with Crippen molar-refractivity contribution >= 4 is 11.6 Å². The lowest BCUT2D eigenvalue weighted by molar-refractivity contribution is -0.115. The Morgan fingerprint density at radius 2 is 1.68 bits per heavy atom. The largest absolute Gasteiger partial charge is 0.457 e. The van der Waals surface area contributed by atoms with Gasteiger partial charge in [-0.2, -0.15) is 0 Å². The van der Waals surface area contributed by atoms with E-state index in [4.69, 9.17) is 4.74 Å². The van der Waals surface area contributed by atoms with Crippen LogP contribution in [0.4, 0.5) is 5.69 Å². The Labute approximate surface area is 130 Å². The molecule has 1 amide bonds. The van der Waals surface area contributed by atoms with Crippen molar-refractivity contribution in [3.63, 3.8) is 0 Å². The summed E-state index contributed by atoms with van der Waals surface area (Å²) in [4.78, 5) is 11.8. The van der Waals surface area contributed by atoms with Crippen molar-refractivity contribution in [2.75, 3.05) is 18.4 Å². The summed E-state index contributed by atoms with van der Waals surface area (Å²) in [7, 11) is 0. The molecular weight excluding hydrogens is 276 g/mol. The number of carbonyl (C=O) groups is 1. The molecule has 4 nitrogen and oxygen atoms in total. The molecule has 0 aromatic heterocycles. The fourth-order valence-corrected chi connectivity index (χ4v) is 2.15. The number of rotatable bonds is 7. The zero-order valence-corrected chi connectivity index (χ0v) is 12.4. The predicted octanol–water partition coefficient (Wildman–Crippen LogP) is 3.42. The zero-order valence-electron chi connectivity index (χ0n) is 12.4. The maximum Gasteiger partial charge on any atom is 0.238 e. The number of carbonyl (C=O) groups excluding carboxylic acids is 1. The quantitative estimate of drug-likeness (QED) is 0.823. The van der Waals surface area contributed by atoms with Gasteiger partial charge in [-0.1, -0.05) is 18.2 Å². The van der Waals surface area contributed by atoms with E-state index in [-0.39, 0.29) is 5.91 Å². The van der Waals surface area contributed by atoms with Crippen LogP contribution in [0.2, 0.25) is 0 Å². The minimum atomic E-state index is -0.0163. The molecule has 0 atom stereocenters. The number of anilines is 1. The summed E-state index contributed by atoms with van der Waals surface area (Å²) >= 11 is 0. The van der Waals surface area contributed by atoms with Gasteiger partial charge < -0.3 is 15.4 Å². The number of amides is 1. The van der Waals surface area contributed by atoms with Gasteiger partial charge in [-0.25, -0.2) is 0 Å². The van der Waals surface area contributed by atoms with Crippen LogP contribution in [-0.4, -0.2) is 19.0 Å². The van der Waals surface area contributed by atoms with Crippen molar-refractivity contribution in [2.45, 2.75) is 12.8 Å². The second kappa shape index (κ2) is 7.09. The highest BCUT2D eigenvalue weighted by atomic mass is 16.5. The first kappa shape index (κ1) is 14.6. The van der Waals surface area contributed by atoms with Crippen LogP contribution in [0.3, 0.4) is 0 Å². The highest BCUT2D eigenvalue weighted by Gasteiger charge is 2.20. The number of hydrogen-bond donors (Lipinski definition) is 2. The molecular formula is C18H20N2O2. The van der Waals surface area contributed by atoms with Gasteiger partial charge in [-0.05, 0) is 61.7 Å². The minimum Gasteiger partial charge on any atom is -0.457 e. The number of ether oxygens (including phenoxy) is 1. The Kier molecular flexibility index (Phi) is 4.71. The Hall–Kier alpha value is -2.33. The van der Waals surface area contributed by atoms with Gasteiger partial charge in [-0.15, -0.1) is 0 Å². The Balaban J connectivity index is 1.47. The zero-order chi connectivity index (χ0) is 15.2. The maximum absolute atomic E-state index is 11.8. The van der Waals surface area contributed by atoms with E-state index in [1.54, 1.807) is 0 Å². The Bertz CT molecular complexity index is 607. The average molecular weight is 296 g/mol. The third-order valence-corrected chi connectivity index (χ3v) is 3.53. The van der Waals surface area contributed by atoms with Crippen molar-refractivity contribution in [3.05, 3.63) is 54.6 Å². The van der Waals surface area contributed by atoms with Crippen molar-refractivity contribution < 1.29 is 9.53 Å². The van der Waals surface area contributed by atoms with Crippen molar-refractivity contribution in [1.29, 1.82) is 0 Å². The van der Waals surface area contributed by atoms with Gasteiger partial charge in [0.2, 0.25) is 5.91 Å². The summed E-state index contributed by atoms with van der Waals surface area (Å²) in [6, 6.07) is 17.0. The van der Waals surface area contributed by atoms with E-state index in [0.717, 1.165) is 29.6 Å². The molecule has 0 spiro atoms. The summed E-state index contributed by atoms with van der Waals surface area (Å²) in [5, 5.41) is 6.04. The van der Waals surface area contributed by atoms with Gasteiger partial charge in [0.25, 0.3) is 0 Å². The third-order valence-electron chi connectivity index (χ3n) is 3.53. The second-order valence-corrected chi connectivity index (χ2v) is 5.56. The molecule has 0 radical (unpaired) electrons. The molecule has 3 rings (SSSR count). The highest BCUT2D eigenvalue weighted by Crippen LogP contribution is 2.27. The third kappa shape index (κ3) is 4.60. The smallest absolute Gasteiger partial charge is 0.238 e. The van der Waals surface area contributed by atoms with Gasteiger partial charge in [0.15, 0.2) is 0 Å². The normalized spacial score (nSPS) is 13.6. The van der Waals surface area contributed by atoms with E-state index < -0.39 is 0 Å². The van der Waals surface area contributed by atoms with Gasteiger partial charge in [-0.3, -0.25) is 4.79 Å². The summed E-state index contributed by atoms with van der Waals surface area (Å²) in [5.41, 5.74) is 0.777. The molecule has 2 aromatic carbocycles. The first-order chi connectivity index (χ1) is 10.8. The maximum atomic E-state index is 11.8. The lowest BCUT2D eigenvalue weighted by Crippen LogP contribution is -2.29. The SMILES string of the molecule is O=C(CNCC1CC1)Nc1ccc(Oc2ccccc2)cc1. The average Bonchev–Trinajstić information content (AvgIpc) is 3.35. The number of benzene rings is 2. The molecule has 0 heterocycles. The van der Waals surface area contributed by atoms with Crippen LogP contribution in [0.15, 0.2) is 54.6 Å². The molecule has 4 heteroatoms. The fraction of sp³-hybridized carbons (Fsp3) is 0.278. The molecule has 114 valence electrons. The van der Waals surface area contributed by atoms with Gasteiger partial charge in [0.1, 0.15) is 11.5 Å². The number of hydrogen-bond acceptors (Lipinski definition) is 3. The van der Waals surface area contributed by atoms with Crippen LogP contribution < -0.4 is 15.4 Å². The molecule has 0 aliphatic heterocycles. The molecule has 2 N–H and O–H groups in total. The minimum absolute atomic E-state index is 0.0163. The van der Waals surface area contributed by atoms with E-state index in [9.17, 15) is 4.79 Å². The van der Waals surface area contributed by atoms with Crippen LogP contribution in [-0.2, 0) is 4.79 Å². The van der Waals surface area contributed by atoms with E-state index in [1.165, 1.54) is 12.8 Å². The second-order valence-electron chi connectivity index (χ2n) is 5.56. The first-order valence-electron chi connectivity index (χ1n) is 7.63. The molecule has 1 saturated carbocycles. The van der Waals surface area contributed by atoms with Crippen LogP contribution in [0, 0.1) is 5.92 Å². The lowest BCUT2D eigenvalue weighted by Gasteiger charge is -2.08. The number of nitrogens with one attached hydrogen (secondary N) is 2. The standard InChI is InChI=1S/C18H20N2O2/c21-18(13-19-12-14-6-7-14)20-15-8-10-17(11-9-15)22-16-4-2-1-3-5-16/h1-5,8-11,14,19H,6-7,12-13H2,(H,20,21). The molecule has 1 fully saturated rings. The lowest BCUT2D eigenvalue weighted by atomic mass is 10.3.